The number of imide groups is 1. The summed E-state index contributed by atoms with van der Waals surface area (Å²) in [4.78, 5) is 42.5. The normalized spacial score (nSPS) is 22.4. The summed E-state index contributed by atoms with van der Waals surface area (Å²) in [6, 6.07) is 15.0. The molecule has 3 heterocycles. The highest BCUT2D eigenvalue weighted by Crippen LogP contribution is 2.45. The summed E-state index contributed by atoms with van der Waals surface area (Å²) in [5.74, 6) is -2.04. The number of ether oxygens (including phenoxy) is 2. The summed E-state index contributed by atoms with van der Waals surface area (Å²) in [7, 11) is 1.62. The molecule has 11 nitrogen and oxygen atoms in total. The van der Waals surface area contributed by atoms with E-state index in [2.05, 4.69) is 20.6 Å². The Morgan fingerprint density at radius 2 is 1.69 bits per heavy atom. The number of para-hydroxylation sites is 1. The lowest BCUT2D eigenvalue weighted by Crippen LogP contribution is -2.47. The Kier molecular flexibility index (Phi) is 9.42. The van der Waals surface area contributed by atoms with E-state index in [1.807, 2.05) is 37.3 Å². The van der Waals surface area contributed by atoms with Crippen molar-refractivity contribution >= 4 is 23.7 Å². The number of halogens is 2. The molecule has 0 radical (unpaired) electrons. The summed E-state index contributed by atoms with van der Waals surface area (Å²) < 4.78 is 41.2. The van der Waals surface area contributed by atoms with Gasteiger partial charge in [-0.1, -0.05) is 43.3 Å². The van der Waals surface area contributed by atoms with Crippen molar-refractivity contribution < 1.29 is 32.6 Å². The molecule has 1 fully saturated rings. The SMILES string of the molecule is COCCN1C[C@@H](C2(C)C=CC(F)=C(F)C2)[C@H](NC(=O)Nc2c(C)c(OCCN3C(=O)c4ccccc4C3=O)nn2-c2ccccc2)C1. The van der Waals surface area contributed by atoms with Gasteiger partial charge in [-0.3, -0.25) is 24.7 Å². The number of aromatic nitrogens is 2. The van der Waals surface area contributed by atoms with Crippen LogP contribution in [-0.2, 0) is 4.74 Å². The predicted molar refractivity (Wildman–Crippen MR) is 174 cm³/mol. The van der Waals surface area contributed by atoms with Gasteiger partial charge in [0.2, 0.25) is 5.88 Å². The second-order valence-corrected chi connectivity index (χ2v) is 12.5. The van der Waals surface area contributed by atoms with Crippen LogP contribution in [0, 0.1) is 18.3 Å². The fraction of sp³-hybridized carbons (Fsp3) is 0.371. The average Bonchev–Trinajstić information content (AvgIpc) is 3.71. The zero-order valence-electron chi connectivity index (χ0n) is 27.0. The smallest absolute Gasteiger partial charge is 0.320 e. The highest BCUT2D eigenvalue weighted by atomic mass is 19.2. The molecule has 2 aromatic carbocycles. The van der Waals surface area contributed by atoms with E-state index in [9.17, 15) is 23.2 Å². The minimum absolute atomic E-state index is 0.0114. The zero-order valence-corrected chi connectivity index (χ0v) is 27.0. The van der Waals surface area contributed by atoms with Crippen molar-refractivity contribution in [3.05, 3.63) is 95.1 Å². The molecule has 0 bridgehead atoms. The number of amides is 4. The van der Waals surface area contributed by atoms with Crippen LogP contribution >= 0.6 is 0 Å². The average molecular weight is 661 g/mol. The van der Waals surface area contributed by atoms with E-state index in [4.69, 9.17) is 9.47 Å². The van der Waals surface area contributed by atoms with E-state index in [0.29, 0.717) is 54.4 Å². The second-order valence-electron chi connectivity index (χ2n) is 12.5. The number of anilines is 1. The van der Waals surface area contributed by atoms with E-state index in [-0.39, 0.29) is 49.2 Å². The molecule has 1 saturated heterocycles. The molecule has 4 amide bonds. The standard InChI is InChI=1S/C35H38F2N6O5/c1-22-30(39-34(46)38-29-21-41(15-17-47-3)20-26(29)35(2)14-13-27(36)28(37)19-35)43(23-9-5-4-6-10-23)40-31(22)48-18-16-42-32(44)24-11-7-8-12-25(24)33(42)45/h4-14,26,29H,15-21H2,1-3H3,(H2,38,39,46)/t26-,29-,35?/m1/s1. The van der Waals surface area contributed by atoms with Gasteiger partial charge in [-0.05, 0) is 42.7 Å². The van der Waals surface area contributed by atoms with Crippen LogP contribution in [0.15, 0.2) is 78.4 Å². The molecule has 6 rings (SSSR count). The number of likely N-dealkylation sites (tertiary alicyclic amines) is 1. The number of carbonyl (C=O) groups excluding carboxylic acids is 3. The van der Waals surface area contributed by atoms with Crippen molar-refractivity contribution in [1.82, 2.24) is 24.9 Å². The Labute approximate surface area is 277 Å². The number of carbonyl (C=O) groups is 3. The molecular weight excluding hydrogens is 622 g/mol. The van der Waals surface area contributed by atoms with Crippen molar-refractivity contribution in [1.29, 1.82) is 0 Å². The first kappa shape index (κ1) is 33.0. The van der Waals surface area contributed by atoms with Crippen molar-refractivity contribution in [2.45, 2.75) is 26.3 Å². The number of urea groups is 1. The maximum Gasteiger partial charge on any atom is 0.320 e. The van der Waals surface area contributed by atoms with Crippen molar-refractivity contribution in [2.75, 3.05) is 51.8 Å². The lowest BCUT2D eigenvalue weighted by atomic mass is 9.70. The van der Waals surface area contributed by atoms with E-state index in [1.165, 1.54) is 6.08 Å². The van der Waals surface area contributed by atoms with Crippen LogP contribution < -0.4 is 15.4 Å². The maximum absolute atomic E-state index is 14.5. The van der Waals surface area contributed by atoms with E-state index in [1.54, 1.807) is 49.1 Å². The molecule has 0 saturated carbocycles. The molecule has 252 valence electrons. The van der Waals surface area contributed by atoms with Gasteiger partial charge in [-0.2, -0.15) is 0 Å². The van der Waals surface area contributed by atoms with Gasteiger partial charge in [0.05, 0.1) is 35.5 Å². The van der Waals surface area contributed by atoms with E-state index in [0.717, 1.165) is 4.90 Å². The molecule has 1 aliphatic carbocycles. The molecule has 0 spiro atoms. The number of nitrogens with zero attached hydrogens (tertiary/aromatic N) is 4. The number of fused-ring (bicyclic) bond motifs is 1. The van der Waals surface area contributed by atoms with Crippen LogP contribution in [0.1, 0.15) is 39.6 Å². The van der Waals surface area contributed by atoms with Gasteiger partial charge in [0, 0.05) is 45.1 Å². The molecule has 1 unspecified atom stereocenters. The Morgan fingerprint density at radius 1 is 1.00 bits per heavy atom. The first-order chi connectivity index (χ1) is 23.1. The van der Waals surface area contributed by atoms with Crippen LogP contribution in [0.2, 0.25) is 0 Å². The summed E-state index contributed by atoms with van der Waals surface area (Å²) in [5, 5.41) is 10.6. The quantitative estimate of drug-likeness (QED) is 0.277. The van der Waals surface area contributed by atoms with E-state index < -0.39 is 23.1 Å². The Morgan fingerprint density at radius 3 is 2.35 bits per heavy atom. The summed E-state index contributed by atoms with van der Waals surface area (Å²) in [6.45, 7) is 5.82. The fourth-order valence-corrected chi connectivity index (χ4v) is 6.69. The lowest BCUT2D eigenvalue weighted by Gasteiger charge is -2.37. The maximum atomic E-state index is 14.5. The minimum atomic E-state index is -0.865. The third kappa shape index (κ3) is 6.47. The van der Waals surface area contributed by atoms with Crippen molar-refractivity contribution in [3.8, 4) is 11.6 Å². The van der Waals surface area contributed by atoms with Gasteiger partial charge in [-0.25, -0.2) is 18.3 Å². The molecule has 2 N–H and O–H groups in total. The number of nitrogens with one attached hydrogen (secondary N) is 2. The fourth-order valence-electron chi connectivity index (χ4n) is 6.69. The van der Waals surface area contributed by atoms with Crippen LogP contribution in [0.3, 0.4) is 0 Å². The Hall–Kier alpha value is -4.88. The number of hydrogen-bond acceptors (Lipinski definition) is 7. The number of benzene rings is 2. The molecule has 13 heteroatoms. The van der Waals surface area contributed by atoms with Crippen LogP contribution in [0.5, 0.6) is 5.88 Å². The second kappa shape index (κ2) is 13.7. The highest BCUT2D eigenvalue weighted by molar-refractivity contribution is 6.21. The van der Waals surface area contributed by atoms with E-state index >= 15 is 0 Å². The molecular formula is C35H38F2N6O5. The Bertz CT molecular complexity index is 1740. The first-order valence-corrected chi connectivity index (χ1v) is 15.8. The van der Waals surface area contributed by atoms with Crippen LogP contribution in [0.4, 0.5) is 19.4 Å². The van der Waals surface area contributed by atoms with Gasteiger partial charge >= 0.3 is 6.03 Å². The predicted octanol–water partition coefficient (Wildman–Crippen LogP) is 5.04. The zero-order chi connectivity index (χ0) is 34.0. The number of methoxy groups -OCH3 is 1. The number of allylic oxidation sites excluding steroid dienone is 4. The van der Waals surface area contributed by atoms with Crippen molar-refractivity contribution in [2.24, 2.45) is 11.3 Å². The molecule has 3 atom stereocenters. The first-order valence-electron chi connectivity index (χ1n) is 15.8. The Balaban J connectivity index is 1.19. The largest absolute Gasteiger partial charge is 0.474 e. The molecule has 3 aliphatic rings. The summed E-state index contributed by atoms with van der Waals surface area (Å²) in [5.41, 5.74) is 1.20. The van der Waals surface area contributed by atoms with Crippen molar-refractivity contribution in [3.63, 3.8) is 0 Å². The van der Waals surface area contributed by atoms with Crippen LogP contribution in [-0.4, -0.2) is 90.0 Å². The molecule has 1 aromatic heterocycles. The third-order valence-electron chi connectivity index (χ3n) is 9.32. The molecule has 48 heavy (non-hydrogen) atoms. The van der Waals surface area contributed by atoms with Gasteiger partial charge in [-0.15, -0.1) is 5.10 Å². The third-order valence-corrected chi connectivity index (χ3v) is 9.32. The van der Waals surface area contributed by atoms with Gasteiger partial charge in [0.15, 0.2) is 5.83 Å². The highest BCUT2D eigenvalue weighted by Gasteiger charge is 2.46. The topological polar surface area (TPSA) is 118 Å². The molecule has 3 aromatic rings. The summed E-state index contributed by atoms with van der Waals surface area (Å²) >= 11 is 0. The number of hydrogen-bond donors (Lipinski definition) is 2. The van der Waals surface area contributed by atoms with Gasteiger partial charge in [0.1, 0.15) is 18.3 Å². The summed E-state index contributed by atoms with van der Waals surface area (Å²) in [6.07, 6.45) is 2.77. The van der Waals surface area contributed by atoms with Gasteiger partial charge < -0.3 is 14.8 Å². The molecule has 2 aliphatic heterocycles. The minimum Gasteiger partial charge on any atom is -0.474 e. The number of rotatable bonds is 11. The lowest BCUT2D eigenvalue weighted by molar-refractivity contribution is 0.0629. The van der Waals surface area contributed by atoms with Crippen LogP contribution in [0.25, 0.3) is 5.69 Å². The van der Waals surface area contributed by atoms with Gasteiger partial charge in [0.25, 0.3) is 11.8 Å². The monoisotopic (exact) mass is 660 g/mol.